The molecule has 0 atom stereocenters. The Kier molecular flexibility index (Phi) is 1.70. The van der Waals surface area contributed by atoms with E-state index in [1.54, 1.807) is 0 Å². The van der Waals surface area contributed by atoms with Crippen LogP contribution in [-0.4, -0.2) is 16.1 Å². The van der Waals surface area contributed by atoms with Crippen LogP contribution in [0, 0.1) is 6.92 Å². The van der Waals surface area contributed by atoms with Gasteiger partial charge in [0.25, 0.3) is 0 Å². The second kappa shape index (κ2) is 2.88. The summed E-state index contributed by atoms with van der Waals surface area (Å²) in [4.78, 5) is 14.4. The van der Waals surface area contributed by atoms with Gasteiger partial charge in [-0.15, -0.1) is 0 Å². The maximum atomic E-state index is 11.3. The average molecular weight is 215 g/mol. The number of carbonyl (C=O) groups is 1. The topological polar surface area (TPSA) is 53.1 Å². The second-order valence-electron chi connectivity index (χ2n) is 4.64. The molecule has 1 aromatic heterocycles. The van der Waals surface area contributed by atoms with Gasteiger partial charge in [0.1, 0.15) is 0 Å². The average Bonchev–Trinajstić information content (AvgIpc) is 2.95. The Morgan fingerprint density at radius 2 is 2.19 bits per heavy atom. The van der Waals surface area contributed by atoms with Gasteiger partial charge in [0.05, 0.1) is 5.41 Å². The molecule has 2 N–H and O–H groups in total. The Hall–Kier alpha value is -1.77. The van der Waals surface area contributed by atoms with Crippen LogP contribution in [0.3, 0.4) is 0 Å². The van der Waals surface area contributed by atoms with Crippen LogP contribution in [0.1, 0.15) is 24.0 Å². The number of aromatic amines is 1. The van der Waals surface area contributed by atoms with Gasteiger partial charge in [0.15, 0.2) is 0 Å². The molecule has 0 unspecified atom stereocenters. The Bertz CT molecular complexity index is 579. The minimum Gasteiger partial charge on any atom is -0.481 e. The van der Waals surface area contributed by atoms with Gasteiger partial charge in [-0.25, -0.2) is 0 Å². The van der Waals surface area contributed by atoms with Crippen molar-refractivity contribution < 1.29 is 9.90 Å². The molecule has 1 heterocycles. The van der Waals surface area contributed by atoms with E-state index < -0.39 is 11.4 Å². The van der Waals surface area contributed by atoms with Gasteiger partial charge in [-0.1, -0.05) is 11.6 Å². The number of H-pyrrole nitrogens is 1. The zero-order chi connectivity index (χ0) is 11.3. The fourth-order valence-electron chi connectivity index (χ4n) is 2.35. The fraction of sp³-hybridized carbons (Fsp3) is 0.308. The molecule has 3 nitrogen and oxygen atoms in total. The lowest BCUT2D eigenvalue weighted by Gasteiger charge is -2.08. The van der Waals surface area contributed by atoms with Crippen molar-refractivity contribution >= 4 is 16.9 Å². The van der Waals surface area contributed by atoms with Crippen LogP contribution < -0.4 is 0 Å². The fourth-order valence-corrected chi connectivity index (χ4v) is 2.35. The molecule has 0 saturated heterocycles. The number of benzene rings is 1. The van der Waals surface area contributed by atoms with Crippen molar-refractivity contribution in [1.82, 2.24) is 4.98 Å². The molecule has 0 spiro atoms. The van der Waals surface area contributed by atoms with Gasteiger partial charge in [0.2, 0.25) is 0 Å². The Morgan fingerprint density at radius 1 is 1.44 bits per heavy atom. The first-order valence-corrected chi connectivity index (χ1v) is 5.45. The smallest absolute Gasteiger partial charge is 0.314 e. The molecule has 1 saturated carbocycles. The van der Waals surface area contributed by atoms with Crippen LogP contribution in [0.4, 0.5) is 0 Å². The lowest BCUT2D eigenvalue weighted by Crippen LogP contribution is -2.18. The Morgan fingerprint density at radius 3 is 2.81 bits per heavy atom. The van der Waals surface area contributed by atoms with Gasteiger partial charge < -0.3 is 10.1 Å². The molecule has 1 fully saturated rings. The van der Waals surface area contributed by atoms with Crippen LogP contribution in [0.25, 0.3) is 10.9 Å². The van der Waals surface area contributed by atoms with Crippen LogP contribution in [0.2, 0.25) is 0 Å². The van der Waals surface area contributed by atoms with E-state index in [1.165, 1.54) is 0 Å². The minimum absolute atomic E-state index is 0.619. The highest BCUT2D eigenvalue weighted by Crippen LogP contribution is 2.50. The van der Waals surface area contributed by atoms with Gasteiger partial charge >= 0.3 is 5.97 Å². The van der Waals surface area contributed by atoms with E-state index in [9.17, 15) is 9.90 Å². The van der Waals surface area contributed by atoms with E-state index in [2.05, 4.69) is 11.1 Å². The van der Waals surface area contributed by atoms with E-state index in [0.29, 0.717) is 0 Å². The van der Waals surface area contributed by atoms with E-state index in [0.717, 1.165) is 34.9 Å². The molecule has 3 heteroatoms. The molecule has 0 amide bonds. The highest BCUT2D eigenvalue weighted by atomic mass is 16.4. The Balaban J connectivity index is 2.25. The number of aryl methyl sites for hydroxylation is 1. The summed E-state index contributed by atoms with van der Waals surface area (Å²) in [5, 5.41) is 10.3. The number of carboxylic acid groups (broad SMARTS) is 1. The van der Waals surface area contributed by atoms with Gasteiger partial charge in [-0.2, -0.15) is 0 Å². The number of fused-ring (bicyclic) bond motifs is 1. The molecular weight excluding hydrogens is 202 g/mol. The van der Waals surface area contributed by atoms with E-state index >= 15 is 0 Å². The molecular formula is C13H13NO2. The highest BCUT2D eigenvalue weighted by molar-refractivity contribution is 5.94. The first-order chi connectivity index (χ1) is 7.63. The molecule has 82 valence electrons. The third-order valence-electron chi connectivity index (χ3n) is 3.51. The summed E-state index contributed by atoms with van der Waals surface area (Å²) in [6.45, 7) is 2.02. The standard InChI is InChI=1S/C13H13NO2/c1-8-2-3-11-9(6-8)10(7-14-11)13(4-5-13)12(15)16/h2-3,6-7,14H,4-5H2,1H3,(H,15,16). The van der Waals surface area contributed by atoms with Gasteiger partial charge in [-0.05, 0) is 37.5 Å². The van der Waals surface area contributed by atoms with Gasteiger partial charge in [0, 0.05) is 17.1 Å². The molecule has 1 aliphatic carbocycles. The SMILES string of the molecule is Cc1ccc2[nH]cc(C3(C(=O)O)CC3)c2c1. The maximum absolute atomic E-state index is 11.3. The normalized spacial score (nSPS) is 17.6. The Labute approximate surface area is 93.1 Å². The molecule has 0 bridgehead atoms. The number of hydrogen-bond donors (Lipinski definition) is 2. The highest BCUT2D eigenvalue weighted by Gasteiger charge is 2.52. The van der Waals surface area contributed by atoms with Crippen LogP contribution >= 0.6 is 0 Å². The van der Waals surface area contributed by atoms with E-state index in [1.807, 2.05) is 25.3 Å². The van der Waals surface area contributed by atoms with Crippen molar-refractivity contribution in [1.29, 1.82) is 0 Å². The summed E-state index contributed by atoms with van der Waals surface area (Å²) in [5.74, 6) is -0.699. The maximum Gasteiger partial charge on any atom is 0.314 e. The lowest BCUT2D eigenvalue weighted by atomic mass is 9.95. The number of rotatable bonds is 2. The van der Waals surface area contributed by atoms with Crippen molar-refractivity contribution in [3.05, 3.63) is 35.5 Å². The molecule has 16 heavy (non-hydrogen) atoms. The molecule has 0 radical (unpaired) electrons. The van der Waals surface area contributed by atoms with Crippen LogP contribution in [-0.2, 0) is 10.2 Å². The van der Waals surface area contributed by atoms with Crippen molar-refractivity contribution in [2.75, 3.05) is 0 Å². The van der Waals surface area contributed by atoms with Crippen molar-refractivity contribution in [3.8, 4) is 0 Å². The zero-order valence-corrected chi connectivity index (χ0v) is 9.08. The summed E-state index contributed by atoms with van der Waals surface area (Å²) >= 11 is 0. The first-order valence-electron chi connectivity index (χ1n) is 5.45. The minimum atomic E-state index is -0.699. The number of aliphatic carboxylic acids is 1. The quantitative estimate of drug-likeness (QED) is 0.809. The largest absolute Gasteiger partial charge is 0.481 e. The van der Waals surface area contributed by atoms with Crippen molar-refractivity contribution in [2.24, 2.45) is 0 Å². The van der Waals surface area contributed by atoms with Crippen LogP contribution in [0.5, 0.6) is 0 Å². The summed E-state index contributed by atoms with van der Waals surface area (Å²) in [5.41, 5.74) is 2.51. The first kappa shape index (κ1) is 9.46. The van der Waals surface area contributed by atoms with Crippen molar-refractivity contribution in [2.45, 2.75) is 25.2 Å². The monoisotopic (exact) mass is 215 g/mol. The number of aromatic nitrogens is 1. The zero-order valence-electron chi connectivity index (χ0n) is 9.08. The molecule has 1 aliphatic rings. The predicted molar refractivity (Wildman–Crippen MR) is 61.6 cm³/mol. The molecule has 3 rings (SSSR count). The van der Waals surface area contributed by atoms with Gasteiger partial charge in [-0.3, -0.25) is 4.79 Å². The number of nitrogens with one attached hydrogen (secondary N) is 1. The summed E-state index contributed by atoms with van der Waals surface area (Å²) in [6, 6.07) is 6.10. The number of hydrogen-bond acceptors (Lipinski definition) is 1. The van der Waals surface area contributed by atoms with Crippen LogP contribution in [0.15, 0.2) is 24.4 Å². The third kappa shape index (κ3) is 1.11. The van der Waals surface area contributed by atoms with E-state index in [-0.39, 0.29) is 0 Å². The summed E-state index contributed by atoms with van der Waals surface area (Å²) in [7, 11) is 0. The molecule has 0 aliphatic heterocycles. The van der Waals surface area contributed by atoms with E-state index in [4.69, 9.17) is 0 Å². The lowest BCUT2D eigenvalue weighted by molar-refractivity contribution is -0.140. The van der Waals surface area contributed by atoms with Crippen molar-refractivity contribution in [3.63, 3.8) is 0 Å². The molecule has 2 aromatic rings. The third-order valence-corrected chi connectivity index (χ3v) is 3.51. The summed E-state index contributed by atoms with van der Waals surface area (Å²) in [6.07, 6.45) is 3.36. The molecule has 1 aromatic carbocycles. The number of carboxylic acids is 1. The second-order valence-corrected chi connectivity index (χ2v) is 4.64. The summed E-state index contributed by atoms with van der Waals surface area (Å²) < 4.78 is 0. The predicted octanol–water partition coefficient (Wildman–Crippen LogP) is 2.59.